The van der Waals surface area contributed by atoms with E-state index < -0.39 is 5.97 Å². The number of carboxylic acid groups (broad SMARTS) is 1. The Morgan fingerprint density at radius 1 is 1.13 bits per heavy atom. The number of fused-ring (bicyclic) bond motifs is 1. The number of aryl methyl sites for hydroxylation is 1. The van der Waals surface area contributed by atoms with Gasteiger partial charge in [-0.3, -0.25) is 5.10 Å². The Hall–Kier alpha value is -4.00. The Labute approximate surface area is 173 Å². The minimum Gasteiger partial charge on any atom is -0.478 e. The van der Waals surface area contributed by atoms with Gasteiger partial charge in [0, 0.05) is 18.5 Å². The molecule has 7 nitrogen and oxygen atoms in total. The molecule has 0 saturated heterocycles. The van der Waals surface area contributed by atoms with Crippen LogP contribution < -0.4 is 0 Å². The summed E-state index contributed by atoms with van der Waals surface area (Å²) < 4.78 is 1.78. The van der Waals surface area contributed by atoms with Crippen LogP contribution in [0.15, 0.2) is 60.9 Å². The Balaban J connectivity index is 1.90. The van der Waals surface area contributed by atoms with Crippen LogP contribution in [-0.2, 0) is 11.8 Å². The van der Waals surface area contributed by atoms with Gasteiger partial charge >= 0.3 is 5.97 Å². The van der Waals surface area contributed by atoms with E-state index in [0.717, 1.165) is 56.9 Å². The van der Waals surface area contributed by atoms with E-state index in [4.69, 9.17) is 5.11 Å². The molecule has 0 saturated carbocycles. The molecule has 2 aromatic heterocycles. The molecule has 0 amide bonds. The highest BCUT2D eigenvalue weighted by Gasteiger charge is 2.16. The standard InChI is InChI=1S/C23H21N5O2/c1-3-19(21-14-25-27-28(21)2)23(17-9-10-20-18(12-17)13-24-26-20)16-7-4-15(5-8-16)6-11-22(29)30/h4-14H,3H2,1-2H3,(H,24,26)(H,29,30)/b11-6+,23-19+. The molecule has 150 valence electrons. The van der Waals surface area contributed by atoms with Crippen LogP contribution in [0.3, 0.4) is 0 Å². The maximum Gasteiger partial charge on any atom is 0.328 e. The fourth-order valence-electron chi connectivity index (χ4n) is 3.59. The Bertz CT molecular complexity index is 1260. The van der Waals surface area contributed by atoms with Gasteiger partial charge in [0.1, 0.15) is 0 Å². The second-order valence-corrected chi connectivity index (χ2v) is 6.92. The molecule has 0 radical (unpaired) electrons. The van der Waals surface area contributed by atoms with Gasteiger partial charge in [-0.1, -0.05) is 42.5 Å². The van der Waals surface area contributed by atoms with Crippen molar-refractivity contribution in [3.05, 3.63) is 83.3 Å². The number of rotatable bonds is 6. The van der Waals surface area contributed by atoms with Gasteiger partial charge in [-0.15, -0.1) is 5.10 Å². The van der Waals surface area contributed by atoms with Crippen LogP contribution in [0.2, 0.25) is 0 Å². The van der Waals surface area contributed by atoms with Crippen LogP contribution in [0, 0.1) is 0 Å². The van der Waals surface area contributed by atoms with E-state index in [0.29, 0.717) is 0 Å². The lowest BCUT2D eigenvalue weighted by atomic mass is 9.89. The summed E-state index contributed by atoms with van der Waals surface area (Å²) in [5.74, 6) is -0.968. The maximum absolute atomic E-state index is 10.8. The number of benzene rings is 2. The van der Waals surface area contributed by atoms with E-state index in [1.807, 2.05) is 43.6 Å². The number of aromatic nitrogens is 5. The van der Waals surface area contributed by atoms with Crippen LogP contribution in [-0.4, -0.2) is 36.3 Å². The van der Waals surface area contributed by atoms with Crippen molar-refractivity contribution in [3.63, 3.8) is 0 Å². The van der Waals surface area contributed by atoms with Crippen LogP contribution in [0.1, 0.15) is 35.7 Å². The third-order valence-corrected chi connectivity index (χ3v) is 5.03. The first-order valence-corrected chi connectivity index (χ1v) is 9.60. The molecule has 30 heavy (non-hydrogen) atoms. The number of carbonyl (C=O) groups is 1. The number of carboxylic acids is 1. The number of H-pyrrole nitrogens is 1. The number of hydrogen-bond acceptors (Lipinski definition) is 4. The summed E-state index contributed by atoms with van der Waals surface area (Å²) >= 11 is 0. The van der Waals surface area contributed by atoms with Crippen LogP contribution in [0.25, 0.3) is 28.1 Å². The first-order valence-electron chi connectivity index (χ1n) is 9.60. The summed E-state index contributed by atoms with van der Waals surface area (Å²) in [7, 11) is 1.88. The summed E-state index contributed by atoms with van der Waals surface area (Å²) in [6.45, 7) is 2.11. The maximum atomic E-state index is 10.8. The van der Waals surface area contributed by atoms with E-state index in [2.05, 4.69) is 39.6 Å². The first kappa shape index (κ1) is 19.3. The normalized spacial score (nSPS) is 12.5. The lowest BCUT2D eigenvalue weighted by molar-refractivity contribution is -0.131. The van der Waals surface area contributed by atoms with Crippen LogP contribution in [0.4, 0.5) is 0 Å². The molecule has 2 aromatic carbocycles. The summed E-state index contributed by atoms with van der Waals surface area (Å²) in [5.41, 5.74) is 7.06. The number of aromatic amines is 1. The van der Waals surface area contributed by atoms with Crippen molar-refractivity contribution in [2.24, 2.45) is 7.05 Å². The molecule has 2 N–H and O–H groups in total. The lowest BCUT2D eigenvalue weighted by Gasteiger charge is -2.16. The van der Waals surface area contributed by atoms with Crippen molar-refractivity contribution in [1.82, 2.24) is 25.2 Å². The van der Waals surface area contributed by atoms with Crippen molar-refractivity contribution in [3.8, 4) is 0 Å². The Morgan fingerprint density at radius 2 is 1.90 bits per heavy atom. The minimum atomic E-state index is -0.968. The molecule has 0 aliphatic heterocycles. The molecule has 0 spiro atoms. The molecule has 0 aliphatic rings. The van der Waals surface area contributed by atoms with Gasteiger partial charge in [0.25, 0.3) is 0 Å². The highest BCUT2D eigenvalue weighted by atomic mass is 16.4. The number of allylic oxidation sites excluding steroid dienone is 1. The van der Waals surface area contributed by atoms with Gasteiger partial charge in [0.2, 0.25) is 0 Å². The number of hydrogen-bond donors (Lipinski definition) is 2. The molecule has 0 unspecified atom stereocenters. The molecule has 0 bridgehead atoms. The largest absolute Gasteiger partial charge is 0.478 e. The zero-order chi connectivity index (χ0) is 21.1. The first-order chi connectivity index (χ1) is 14.6. The second kappa shape index (κ2) is 8.16. The molecule has 0 fully saturated rings. The average Bonchev–Trinajstić information content (AvgIpc) is 3.39. The van der Waals surface area contributed by atoms with E-state index >= 15 is 0 Å². The van der Waals surface area contributed by atoms with Gasteiger partial charge in [0.15, 0.2) is 0 Å². The smallest absolute Gasteiger partial charge is 0.328 e. The summed E-state index contributed by atoms with van der Waals surface area (Å²) in [6.07, 6.45) is 7.10. The molecule has 4 aromatic rings. The van der Waals surface area contributed by atoms with E-state index in [9.17, 15) is 4.79 Å². The van der Waals surface area contributed by atoms with E-state index in [1.165, 1.54) is 0 Å². The van der Waals surface area contributed by atoms with E-state index in [-0.39, 0.29) is 0 Å². The number of nitrogens with one attached hydrogen (secondary N) is 1. The van der Waals surface area contributed by atoms with Gasteiger partial charge < -0.3 is 5.11 Å². The van der Waals surface area contributed by atoms with Crippen LogP contribution in [0.5, 0.6) is 0 Å². The van der Waals surface area contributed by atoms with Gasteiger partial charge in [-0.25, -0.2) is 9.48 Å². The van der Waals surface area contributed by atoms with Gasteiger partial charge in [0.05, 0.1) is 23.6 Å². The summed E-state index contributed by atoms with van der Waals surface area (Å²) in [6, 6.07) is 14.1. The monoisotopic (exact) mass is 399 g/mol. The Morgan fingerprint density at radius 3 is 2.57 bits per heavy atom. The zero-order valence-corrected chi connectivity index (χ0v) is 16.7. The molecular weight excluding hydrogens is 378 g/mol. The third-order valence-electron chi connectivity index (χ3n) is 5.03. The molecule has 0 aliphatic carbocycles. The van der Waals surface area contributed by atoms with Crippen molar-refractivity contribution in [1.29, 1.82) is 0 Å². The molecular formula is C23H21N5O2. The third kappa shape index (κ3) is 3.77. The number of aliphatic carboxylic acids is 1. The predicted octanol–water partition coefficient (Wildman–Crippen LogP) is 4.16. The lowest BCUT2D eigenvalue weighted by Crippen LogP contribution is -2.01. The number of nitrogens with zero attached hydrogens (tertiary/aromatic N) is 4. The highest BCUT2D eigenvalue weighted by molar-refractivity contribution is 6.00. The minimum absolute atomic E-state index is 0.792. The van der Waals surface area contributed by atoms with Crippen LogP contribution >= 0.6 is 0 Å². The second-order valence-electron chi connectivity index (χ2n) is 6.92. The molecule has 2 heterocycles. The van der Waals surface area contributed by atoms with Crippen molar-refractivity contribution in [2.45, 2.75) is 13.3 Å². The molecule has 7 heteroatoms. The SMILES string of the molecule is CC/C(=C(/c1ccc(/C=C/C(=O)O)cc1)c1ccc2[nH]ncc2c1)c1cnnn1C. The molecule has 0 atom stereocenters. The fourth-order valence-corrected chi connectivity index (χ4v) is 3.59. The zero-order valence-electron chi connectivity index (χ0n) is 16.7. The predicted molar refractivity (Wildman–Crippen MR) is 116 cm³/mol. The quantitative estimate of drug-likeness (QED) is 0.475. The van der Waals surface area contributed by atoms with Crippen molar-refractivity contribution in [2.75, 3.05) is 0 Å². The van der Waals surface area contributed by atoms with E-state index in [1.54, 1.807) is 17.0 Å². The van der Waals surface area contributed by atoms with Gasteiger partial charge in [-0.2, -0.15) is 5.10 Å². The summed E-state index contributed by atoms with van der Waals surface area (Å²) in [4.78, 5) is 10.8. The van der Waals surface area contributed by atoms with Crippen molar-refractivity contribution >= 4 is 34.1 Å². The Kier molecular flexibility index (Phi) is 5.26. The fraction of sp³-hybridized carbons (Fsp3) is 0.130. The summed E-state index contributed by atoms with van der Waals surface area (Å²) in [5, 5.41) is 25.2. The van der Waals surface area contributed by atoms with Gasteiger partial charge in [-0.05, 0) is 52.5 Å². The topological polar surface area (TPSA) is 96.7 Å². The average molecular weight is 399 g/mol. The highest BCUT2D eigenvalue weighted by Crippen LogP contribution is 2.35. The van der Waals surface area contributed by atoms with Crippen molar-refractivity contribution < 1.29 is 9.90 Å². The molecule has 4 rings (SSSR count).